The van der Waals surface area contributed by atoms with Gasteiger partial charge in [0.1, 0.15) is 11.3 Å². The molecule has 1 aromatic carbocycles. The predicted octanol–water partition coefficient (Wildman–Crippen LogP) is 3.20. The standard InChI is InChI=1S/C21H29BO5/c1-12(2)25-19(23)14-8-7-9-15(18(14)24-6)22-26-17-11-13-10-16(20(13,3)4)21(17,5)27-22/h7-9,12-13,16-17H,10-11H2,1-6H3. The summed E-state index contributed by atoms with van der Waals surface area (Å²) in [7, 11) is 1.03. The first kappa shape index (κ1) is 18.8. The molecule has 4 fully saturated rings. The molecule has 3 saturated carbocycles. The van der Waals surface area contributed by atoms with E-state index in [1.54, 1.807) is 13.2 Å². The number of esters is 1. The van der Waals surface area contributed by atoms with Gasteiger partial charge in [-0.25, -0.2) is 4.79 Å². The smallest absolute Gasteiger partial charge is 0.496 e. The zero-order chi connectivity index (χ0) is 19.6. The van der Waals surface area contributed by atoms with Crippen molar-refractivity contribution in [1.29, 1.82) is 0 Å². The highest BCUT2D eigenvalue weighted by Gasteiger charge is 2.68. The van der Waals surface area contributed by atoms with Gasteiger partial charge in [0.05, 0.1) is 24.9 Å². The van der Waals surface area contributed by atoms with E-state index in [1.165, 1.54) is 6.42 Å². The van der Waals surface area contributed by atoms with Crippen LogP contribution in [0.5, 0.6) is 5.75 Å². The fourth-order valence-electron chi connectivity index (χ4n) is 5.41. The van der Waals surface area contributed by atoms with Gasteiger partial charge in [-0.1, -0.05) is 26.0 Å². The van der Waals surface area contributed by atoms with Gasteiger partial charge in [-0.05, 0) is 56.9 Å². The average molecular weight is 372 g/mol. The van der Waals surface area contributed by atoms with E-state index in [9.17, 15) is 4.79 Å². The lowest BCUT2D eigenvalue weighted by molar-refractivity contribution is -0.199. The Hall–Kier alpha value is -1.53. The summed E-state index contributed by atoms with van der Waals surface area (Å²) in [5.41, 5.74) is 1.14. The van der Waals surface area contributed by atoms with Crippen LogP contribution in [0.4, 0.5) is 0 Å². The second-order valence-electron chi connectivity index (χ2n) is 9.18. The summed E-state index contributed by atoms with van der Waals surface area (Å²) in [6, 6.07) is 5.46. The predicted molar refractivity (Wildman–Crippen MR) is 103 cm³/mol. The molecule has 0 radical (unpaired) electrons. The van der Waals surface area contributed by atoms with E-state index < -0.39 is 13.1 Å². The van der Waals surface area contributed by atoms with Crippen molar-refractivity contribution in [2.24, 2.45) is 17.3 Å². The highest BCUT2D eigenvalue weighted by Crippen LogP contribution is 2.65. The average Bonchev–Trinajstić information content (AvgIpc) is 2.96. The SMILES string of the molecule is COc1c(B2OC3CC4CC(C4(C)C)C3(C)O2)cccc1C(=O)OC(C)C. The number of benzene rings is 1. The first-order valence-electron chi connectivity index (χ1n) is 9.89. The monoisotopic (exact) mass is 372 g/mol. The van der Waals surface area contributed by atoms with Crippen LogP contribution >= 0.6 is 0 Å². The first-order valence-corrected chi connectivity index (χ1v) is 9.89. The van der Waals surface area contributed by atoms with Crippen LogP contribution in [-0.4, -0.2) is 38.0 Å². The van der Waals surface area contributed by atoms with Gasteiger partial charge in [0.2, 0.25) is 0 Å². The second-order valence-corrected chi connectivity index (χ2v) is 9.18. The Labute approximate surface area is 161 Å². The number of ether oxygens (including phenoxy) is 2. The number of rotatable bonds is 4. The molecule has 0 aromatic heterocycles. The fraction of sp³-hybridized carbons (Fsp3) is 0.667. The van der Waals surface area contributed by atoms with Crippen molar-refractivity contribution in [3.63, 3.8) is 0 Å². The molecule has 0 N–H and O–H groups in total. The summed E-state index contributed by atoms with van der Waals surface area (Å²) >= 11 is 0. The summed E-state index contributed by atoms with van der Waals surface area (Å²) in [6.07, 6.45) is 2.11. The largest absolute Gasteiger partial charge is 0.498 e. The van der Waals surface area contributed by atoms with E-state index in [4.69, 9.17) is 18.8 Å². The summed E-state index contributed by atoms with van der Waals surface area (Å²) in [4.78, 5) is 12.5. The molecule has 4 aliphatic rings. The molecule has 1 saturated heterocycles. The fourth-order valence-corrected chi connectivity index (χ4v) is 5.41. The van der Waals surface area contributed by atoms with E-state index in [-0.39, 0.29) is 23.2 Å². The van der Waals surface area contributed by atoms with Crippen molar-refractivity contribution >= 4 is 18.6 Å². The molecule has 27 heavy (non-hydrogen) atoms. The van der Waals surface area contributed by atoms with Crippen LogP contribution in [0.25, 0.3) is 0 Å². The van der Waals surface area contributed by atoms with E-state index in [2.05, 4.69) is 20.8 Å². The summed E-state index contributed by atoms with van der Waals surface area (Å²) < 4.78 is 23.8. The van der Waals surface area contributed by atoms with Gasteiger partial charge in [-0.3, -0.25) is 0 Å². The Morgan fingerprint density at radius 1 is 1.26 bits per heavy atom. The minimum Gasteiger partial charge on any atom is -0.496 e. The van der Waals surface area contributed by atoms with Crippen molar-refractivity contribution in [3.8, 4) is 5.75 Å². The molecule has 4 atom stereocenters. The van der Waals surface area contributed by atoms with Gasteiger partial charge in [0.25, 0.3) is 0 Å². The lowest BCUT2D eigenvalue weighted by atomic mass is 9.43. The first-order chi connectivity index (χ1) is 12.7. The zero-order valence-corrected chi connectivity index (χ0v) is 17.1. The molecular weight excluding hydrogens is 343 g/mol. The van der Waals surface area contributed by atoms with Crippen molar-refractivity contribution in [2.75, 3.05) is 7.11 Å². The minimum absolute atomic E-state index is 0.0789. The Morgan fingerprint density at radius 2 is 2.00 bits per heavy atom. The van der Waals surface area contributed by atoms with Crippen LogP contribution in [0.2, 0.25) is 0 Å². The molecule has 1 aromatic rings. The maximum Gasteiger partial charge on any atom is 0.498 e. The van der Waals surface area contributed by atoms with E-state index >= 15 is 0 Å². The Morgan fingerprint density at radius 3 is 2.63 bits per heavy atom. The van der Waals surface area contributed by atoms with Crippen molar-refractivity contribution in [1.82, 2.24) is 0 Å². The summed E-state index contributed by atoms with van der Waals surface area (Å²) in [5.74, 6) is 1.26. The van der Waals surface area contributed by atoms with E-state index in [1.807, 2.05) is 26.0 Å². The molecule has 3 aliphatic carbocycles. The normalized spacial score (nSPS) is 33.4. The van der Waals surface area contributed by atoms with Crippen LogP contribution < -0.4 is 10.2 Å². The van der Waals surface area contributed by atoms with Crippen LogP contribution in [0.1, 0.15) is 57.8 Å². The van der Waals surface area contributed by atoms with E-state index in [0.29, 0.717) is 23.1 Å². The number of hydrogen-bond acceptors (Lipinski definition) is 5. The Balaban J connectivity index is 1.64. The Bertz CT molecular complexity index is 761. The lowest BCUT2D eigenvalue weighted by Gasteiger charge is -2.64. The zero-order valence-electron chi connectivity index (χ0n) is 17.1. The molecule has 5 nitrogen and oxygen atoms in total. The molecule has 4 unspecified atom stereocenters. The van der Waals surface area contributed by atoms with Gasteiger partial charge < -0.3 is 18.8 Å². The van der Waals surface area contributed by atoms with Crippen LogP contribution in [0, 0.1) is 17.3 Å². The van der Waals surface area contributed by atoms with E-state index in [0.717, 1.165) is 11.9 Å². The second kappa shape index (κ2) is 6.24. The van der Waals surface area contributed by atoms with Crippen LogP contribution in [-0.2, 0) is 14.0 Å². The van der Waals surface area contributed by atoms with Gasteiger partial charge >= 0.3 is 13.1 Å². The number of carbonyl (C=O) groups excluding carboxylic acids is 1. The van der Waals surface area contributed by atoms with Crippen LogP contribution in [0.3, 0.4) is 0 Å². The number of methoxy groups -OCH3 is 1. The van der Waals surface area contributed by atoms with Gasteiger partial charge in [-0.2, -0.15) is 0 Å². The maximum atomic E-state index is 12.5. The Kier molecular flexibility index (Phi) is 4.35. The third-order valence-electron chi connectivity index (χ3n) is 7.02. The topological polar surface area (TPSA) is 54.0 Å². The van der Waals surface area contributed by atoms with Crippen LogP contribution in [0.15, 0.2) is 18.2 Å². The van der Waals surface area contributed by atoms with Gasteiger partial charge in [0.15, 0.2) is 0 Å². The number of para-hydroxylation sites is 1. The quantitative estimate of drug-likeness (QED) is 0.600. The molecule has 2 bridgehead atoms. The highest BCUT2D eigenvalue weighted by molar-refractivity contribution is 6.63. The third kappa shape index (κ3) is 2.72. The number of hydrogen-bond donors (Lipinski definition) is 0. The molecule has 6 heteroatoms. The molecule has 146 valence electrons. The molecule has 1 heterocycles. The lowest BCUT2D eigenvalue weighted by Crippen LogP contribution is -2.65. The molecular formula is C21H29BO5. The molecule has 0 spiro atoms. The highest BCUT2D eigenvalue weighted by atomic mass is 16.7. The summed E-state index contributed by atoms with van der Waals surface area (Å²) in [5, 5.41) is 0. The van der Waals surface area contributed by atoms with Crippen molar-refractivity contribution < 1.29 is 23.6 Å². The van der Waals surface area contributed by atoms with Crippen molar-refractivity contribution in [2.45, 2.75) is 65.3 Å². The molecule has 5 rings (SSSR count). The maximum absolute atomic E-state index is 12.5. The van der Waals surface area contributed by atoms with Crippen molar-refractivity contribution in [3.05, 3.63) is 23.8 Å². The molecule has 0 amide bonds. The van der Waals surface area contributed by atoms with Gasteiger partial charge in [0, 0.05) is 5.46 Å². The third-order valence-corrected chi connectivity index (χ3v) is 7.02. The summed E-state index contributed by atoms with van der Waals surface area (Å²) in [6.45, 7) is 10.5. The molecule has 1 aliphatic heterocycles. The minimum atomic E-state index is -0.531. The number of carbonyl (C=O) groups is 1. The van der Waals surface area contributed by atoms with Gasteiger partial charge in [-0.15, -0.1) is 0 Å².